The molecule has 22 heavy (non-hydrogen) atoms. The van der Waals surface area contributed by atoms with Crippen LogP contribution in [0.2, 0.25) is 0 Å². The largest absolute Gasteiger partial charge is 0.356 e. The summed E-state index contributed by atoms with van der Waals surface area (Å²) in [6, 6.07) is 1.39. The standard InChI is InChI=1S/C16H29N3O.2ClH/c1-19-6-4-12(5-7-19)11-17-16(20)10-13-8-14-2-3-15(9-13)18-14;;/h12-15,18H,2-11H2,1H3,(H,17,20);2*1H. The van der Waals surface area contributed by atoms with E-state index in [-0.39, 0.29) is 30.7 Å². The fraction of sp³-hybridized carbons (Fsp3) is 0.938. The molecule has 2 unspecified atom stereocenters. The minimum Gasteiger partial charge on any atom is -0.356 e. The van der Waals surface area contributed by atoms with Crippen molar-refractivity contribution in [3.63, 3.8) is 0 Å². The third kappa shape index (κ3) is 5.55. The Bertz CT molecular complexity index is 336. The Balaban J connectivity index is 0.00000121. The van der Waals surface area contributed by atoms with Crippen LogP contribution in [0.1, 0.15) is 44.9 Å². The van der Waals surface area contributed by atoms with Gasteiger partial charge in [-0.1, -0.05) is 0 Å². The Morgan fingerprint density at radius 1 is 1.05 bits per heavy atom. The molecule has 0 aromatic rings. The molecule has 2 atom stereocenters. The van der Waals surface area contributed by atoms with Gasteiger partial charge in [0.05, 0.1) is 0 Å². The zero-order valence-corrected chi connectivity index (χ0v) is 15.2. The van der Waals surface area contributed by atoms with Gasteiger partial charge in [-0.25, -0.2) is 0 Å². The van der Waals surface area contributed by atoms with Crippen LogP contribution in [0.3, 0.4) is 0 Å². The van der Waals surface area contributed by atoms with Crippen LogP contribution in [0.4, 0.5) is 0 Å². The molecule has 3 rings (SSSR count). The van der Waals surface area contributed by atoms with Gasteiger partial charge in [-0.15, -0.1) is 24.8 Å². The lowest BCUT2D eigenvalue weighted by atomic mass is 9.89. The molecule has 4 nitrogen and oxygen atoms in total. The van der Waals surface area contributed by atoms with Crippen LogP contribution in [0.25, 0.3) is 0 Å². The number of likely N-dealkylation sites (tertiary alicyclic amines) is 1. The summed E-state index contributed by atoms with van der Waals surface area (Å²) in [5, 5.41) is 6.83. The summed E-state index contributed by atoms with van der Waals surface area (Å²) in [5.41, 5.74) is 0. The molecular formula is C16H31Cl2N3O. The van der Waals surface area contributed by atoms with Crippen molar-refractivity contribution in [1.29, 1.82) is 0 Å². The molecule has 3 heterocycles. The fourth-order valence-electron chi connectivity index (χ4n) is 4.20. The number of hydrogen-bond donors (Lipinski definition) is 2. The smallest absolute Gasteiger partial charge is 0.220 e. The van der Waals surface area contributed by atoms with Gasteiger partial charge in [-0.2, -0.15) is 0 Å². The number of amides is 1. The highest BCUT2D eigenvalue weighted by atomic mass is 35.5. The Morgan fingerprint density at radius 3 is 2.23 bits per heavy atom. The summed E-state index contributed by atoms with van der Waals surface area (Å²) in [6.07, 6.45) is 8.26. The normalized spacial score (nSPS) is 32.0. The molecule has 6 heteroatoms. The zero-order valence-electron chi connectivity index (χ0n) is 13.6. The minimum absolute atomic E-state index is 0. The number of nitrogens with zero attached hydrogens (tertiary/aromatic N) is 1. The molecule has 3 fully saturated rings. The molecule has 130 valence electrons. The predicted molar refractivity (Wildman–Crippen MR) is 95.0 cm³/mol. The van der Waals surface area contributed by atoms with Crippen molar-refractivity contribution >= 4 is 30.7 Å². The fourth-order valence-corrected chi connectivity index (χ4v) is 4.20. The number of piperidine rings is 2. The molecule has 1 amide bonds. The van der Waals surface area contributed by atoms with Crippen molar-refractivity contribution in [3.8, 4) is 0 Å². The number of carbonyl (C=O) groups is 1. The molecule has 3 saturated heterocycles. The van der Waals surface area contributed by atoms with Crippen molar-refractivity contribution in [2.75, 3.05) is 26.7 Å². The number of rotatable bonds is 4. The van der Waals surface area contributed by atoms with E-state index in [2.05, 4.69) is 22.6 Å². The molecule has 2 bridgehead atoms. The maximum atomic E-state index is 12.1. The Labute approximate surface area is 147 Å². The quantitative estimate of drug-likeness (QED) is 0.815. The number of fused-ring (bicyclic) bond motifs is 2. The van der Waals surface area contributed by atoms with Gasteiger partial charge in [0.2, 0.25) is 5.91 Å². The third-order valence-electron chi connectivity index (χ3n) is 5.47. The first kappa shape index (κ1) is 20.0. The van der Waals surface area contributed by atoms with E-state index in [1.54, 1.807) is 0 Å². The Morgan fingerprint density at radius 2 is 1.64 bits per heavy atom. The molecule has 0 spiro atoms. The summed E-state index contributed by atoms with van der Waals surface area (Å²) in [7, 11) is 2.18. The molecule has 3 aliphatic heterocycles. The first-order valence-electron chi connectivity index (χ1n) is 8.40. The zero-order chi connectivity index (χ0) is 13.9. The third-order valence-corrected chi connectivity index (χ3v) is 5.47. The number of nitrogens with one attached hydrogen (secondary N) is 2. The topological polar surface area (TPSA) is 44.4 Å². The number of carbonyl (C=O) groups excluding carboxylic acids is 1. The monoisotopic (exact) mass is 351 g/mol. The second-order valence-corrected chi connectivity index (χ2v) is 7.23. The molecule has 2 N–H and O–H groups in total. The van der Waals surface area contributed by atoms with Crippen LogP contribution in [-0.4, -0.2) is 49.6 Å². The van der Waals surface area contributed by atoms with E-state index in [1.807, 2.05) is 0 Å². The van der Waals surface area contributed by atoms with E-state index in [1.165, 1.54) is 51.6 Å². The van der Waals surface area contributed by atoms with Gasteiger partial charge in [0.1, 0.15) is 0 Å². The maximum absolute atomic E-state index is 12.1. The van der Waals surface area contributed by atoms with Gasteiger partial charge in [0.15, 0.2) is 0 Å². The van der Waals surface area contributed by atoms with Crippen molar-refractivity contribution in [2.45, 2.75) is 57.0 Å². The van der Waals surface area contributed by atoms with E-state index in [0.29, 0.717) is 23.9 Å². The average Bonchev–Trinajstić information content (AvgIpc) is 2.77. The van der Waals surface area contributed by atoms with Crippen LogP contribution in [0, 0.1) is 11.8 Å². The van der Waals surface area contributed by atoms with Crippen LogP contribution in [0.15, 0.2) is 0 Å². The molecule has 0 aromatic carbocycles. The Kier molecular flexibility index (Phi) is 8.47. The number of hydrogen-bond acceptors (Lipinski definition) is 3. The Hall–Kier alpha value is -0.0300. The van der Waals surface area contributed by atoms with Crippen molar-refractivity contribution in [1.82, 2.24) is 15.5 Å². The summed E-state index contributed by atoms with van der Waals surface area (Å²) >= 11 is 0. The molecular weight excluding hydrogens is 321 g/mol. The molecule has 0 aromatic heterocycles. The van der Waals surface area contributed by atoms with Crippen molar-refractivity contribution in [3.05, 3.63) is 0 Å². The SMILES string of the molecule is CN1CCC(CNC(=O)CC2CC3CCC(C2)N3)CC1.Cl.Cl. The van der Waals surface area contributed by atoms with Crippen LogP contribution in [-0.2, 0) is 4.79 Å². The molecule has 0 aliphatic carbocycles. The summed E-state index contributed by atoms with van der Waals surface area (Å²) in [6.45, 7) is 3.25. The summed E-state index contributed by atoms with van der Waals surface area (Å²) in [5.74, 6) is 1.60. The first-order valence-corrected chi connectivity index (χ1v) is 8.40. The van der Waals surface area contributed by atoms with Gasteiger partial charge in [0, 0.05) is 25.0 Å². The van der Waals surface area contributed by atoms with Gasteiger partial charge >= 0.3 is 0 Å². The van der Waals surface area contributed by atoms with Crippen LogP contribution < -0.4 is 10.6 Å². The lowest BCUT2D eigenvalue weighted by molar-refractivity contribution is -0.122. The van der Waals surface area contributed by atoms with Gasteiger partial charge in [0.25, 0.3) is 0 Å². The second kappa shape index (κ2) is 9.31. The summed E-state index contributed by atoms with van der Waals surface area (Å²) < 4.78 is 0. The highest BCUT2D eigenvalue weighted by Gasteiger charge is 2.34. The van der Waals surface area contributed by atoms with Gasteiger partial charge in [-0.3, -0.25) is 4.79 Å². The van der Waals surface area contributed by atoms with Crippen LogP contribution in [0.5, 0.6) is 0 Å². The predicted octanol–water partition coefficient (Wildman–Crippen LogP) is 2.21. The maximum Gasteiger partial charge on any atom is 0.220 e. The van der Waals surface area contributed by atoms with E-state index in [0.717, 1.165) is 13.0 Å². The minimum atomic E-state index is 0. The average molecular weight is 352 g/mol. The van der Waals surface area contributed by atoms with Gasteiger partial charge in [-0.05, 0) is 70.5 Å². The van der Waals surface area contributed by atoms with E-state index < -0.39 is 0 Å². The lowest BCUT2D eigenvalue weighted by Gasteiger charge is -2.30. The number of halogens is 2. The van der Waals surface area contributed by atoms with Gasteiger partial charge < -0.3 is 15.5 Å². The van der Waals surface area contributed by atoms with E-state index >= 15 is 0 Å². The van der Waals surface area contributed by atoms with Crippen molar-refractivity contribution in [2.24, 2.45) is 11.8 Å². The second-order valence-electron chi connectivity index (χ2n) is 7.23. The van der Waals surface area contributed by atoms with Crippen LogP contribution >= 0.6 is 24.8 Å². The molecule has 0 saturated carbocycles. The molecule has 3 aliphatic rings. The highest BCUT2D eigenvalue weighted by Crippen LogP contribution is 2.32. The molecule has 0 radical (unpaired) electrons. The lowest BCUT2D eigenvalue weighted by Crippen LogP contribution is -2.41. The first-order chi connectivity index (χ1) is 9.69. The van der Waals surface area contributed by atoms with E-state index in [9.17, 15) is 4.79 Å². The highest BCUT2D eigenvalue weighted by molar-refractivity contribution is 5.85. The summed E-state index contributed by atoms with van der Waals surface area (Å²) in [4.78, 5) is 14.5. The van der Waals surface area contributed by atoms with E-state index in [4.69, 9.17) is 0 Å². The van der Waals surface area contributed by atoms with Crippen molar-refractivity contribution < 1.29 is 4.79 Å².